The molecular formula is C19H34N4O8. The molecule has 6 atom stereocenters. The summed E-state index contributed by atoms with van der Waals surface area (Å²) in [5, 5.41) is 35.0. The SMILES string of the molecule is CCC(C)C(NC(=O)C(NC(=O)C(N)CC(=O)O)C(C)O)C(=O)NC(C(=O)O)C(C)C. The molecule has 178 valence electrons. The monoisotopic (exact) mass is 446 g/mol. The quantitative estimate of drug-likeness (QED) is 0.174. The average Bonchev–Trinajstić information content (AvgIpc) is 2.65. The van der Waals surface area contributed by atoms with Crippen LogP contribution in [0.4, 0.5) is 0 Å². The Morgan fingerprint density at radius 3 is 1.65 bits per heavy atom. The van der Waals surface area contributed by atoms with E-state index < -0.39 is 78.2 Å². The standard InChI is InChI=1S/C19H34N4O8/c1-6-9(4)14(17(28)21-13(8(2)3)19(30)31)22-18(29)15(10(5)24)23-16(27)11(20)7-12(25)26/h8-11,13-15,24H,6-7,20H2,1-5H3,(H,21,28)(H,22,29)(H,23,27)(H,25,26)(H,30,31). The Balaban J connectivity index is 5.49. The molecule has 12 nitrogen and oxygen atoms in total. The van der Waals surface area contributed by atoms with Crippen LogP contribution in [0.15, 0.2) is 0 Å². The third-order valence-corrected chi connectivity index (χ3v) is 4.82. The van der Waals surface area contributed by atoms with Gasteiger partial charge in [0, 0.05) is 0 Å². The Labute approximate surface area is 180 Å². The van der Waals surface area contributed by atoms with Crippen molar-refractivity contribution in [3.05, 3.63) is 0 Å². The van der Waals surface area contributed by atoms with Gasteiger partial charge >= 0.3 is 11.9 Å². The summed E-state index contributed by atoms with van der Waals surface area (Å²) in [6, 6.07) is -5.25. The number of aliphatic carboxylic acids is 2. The molecule has 12 heteroatoms. The number of amides is 3. The third kappa shape index (κ3) is 9.30. The summed E-state index contributed by atoms with van der Waals surface area (Å²) in [4.78, 5) is 59.6. The van der Waals surface area contributed by atoms with E-state index in [-0.39, 0.29) is 0 Å². The Kier molecular flexibility index (Phi) is 11.7. The van der Waals surface area contributed by atoms with Crippen LogP contribution in [0, 0.1) is 11.8 Å². The highest BCUT2D eigenvalue weighted by Crippen LogP contribution is 2.11. The van der Waals surface area contributed by atoms with Gasteiger partial charge in [-0.2, -0.15) is 0 Å². The highest BCUT2D eigenvalue weighted by atomic mass is 16.4. The molecule has 0 saturated heterocycles. The smallest absolute Gasteiger partial charge is 0.326 e. The Bertz CT molecular complexity index is 667. The molecule has 6 unspecified atom stereocenters. The van der Waals surface area contributed by atoms with Crippen LogP contribution in [0.25, 0.3) is 0 Å². The normalized spacial score (nSPS) is 16.9. The summed E-state index contributed by atoms with van der Waals surface area (Å²) < 4.78 is 0. The number of hydrogen-bond acceptors (Lipinski definition) is 7. The maximum absolute atomic E-state index is 12.7. The number of aliphatic hydroxyl groups excluding tert-OH is 1. The van der Waals surface area contributed by atoms with Crippen LogP contribution >= 0.6 is 0 Å². The van der Waals surface area contributed by atoms with Crippen molar-refractivity contribution < 1.29 is 39.3 Å². The van der Waals surface area contributed by atoms with Gasteiger partial charge in [-0.1, -0.05) is 34.1 Å². The molecule has 0 aromatic rings. The predicted molar refractivity (Wildman–Crippen MR) is 110 cm³/mol. The van der Waals surface area contributed by atoms with E-state index in [1.54, 1.807) is 27.7 Å². The van der Waals surface area contributed by atoms with Gasteiger partial charge in [-0.05, 0) is 18.8 Å². The fraction of sp³-hybridized carbons (Fsp3) is 0.737. The second kappa shape index (κ2) is 12.8. The summed E-state index contributed by atoms with van der Waals surface area (Å²) >= 11 is 0. The molecule has 0 heterocycles. The first kappa shape index (κ1) is 28.3. The average molecular weight is 447 g/mol. The molecule has 0 saturated carbocycles. The van der Waals surface area contributed by atoms with Crippen LogP contribution in [0.3, 0.4) is 0 Å². The highest BCUT2D eigenvalue weighted by Gasteiger charge is 2.35. The maximum atomic E-state index is 12.7. The Hall–Kier alpha value is -2.73. The van der Waals surface area contributed by atoms with Crippen molar-refractivity contribution in [1.82, 2.24) is 16.0 Å². The van der Waals surface area contributed by atoms with Gasteiger partial charge in [0.15, 0.2) is 0 Å². The zero-order valence-electron chi connectivity index (χ0n) is 18.4. The molecule has 0 aliphatic rings. The van der Waals surface area contributed by atoms with E-state index in [0.29, 0.717) is 6.42 Å². The lowest BCUT2D eigenvalue weighted by Crippen LogP contribution is -2.61. The van der Waals surface area contributed by atoms with E-state index in [1.165, 1.54) is 6.92 Å². The third-order valence-electron chi connectivity index (χ3n) is 4.82. The minimum absolute atomic E-state index is 0.398. The molecule has 3 amide bonds. The van der Waals surface area contributed by atoms with Gasteiger partial charge in [0.2, 0.25) is 17.7 Å². The lowest BCUT2D eigenvalue weighted by molar-refractivity contribution is -0.144. The molecule has 0 rings (SSSR count). The molecule has 0 aromatic carbocycles. The summed E-state index contributed by atoms with van der Waals surface area (Å²) in [6.45, 7) is 7.91. The lowest BCUT2D eigenvalue weighted by atomic mass is 9.96. The molecular weight excluding hydrogens is 412 g/mol. The van der Waals surface area contributed by atoms with Crippen molar-refractivity contribution in [1.29, 1.82) is 0 Å². The van der Waals surface area contributed by atoms with Gasteiger partial charge in [-0.3, -0.25) is 19.2 Å². The van der Waals surface area contributed by atoms with Crippen molar-refractivity contribution in [2.24, 2.45) is 17.6 Å². The van der Waals surface area contributed by atoms with Crippen LogP contribution in [-0.2, 0) is 24.0 Å². The van der Waals surface area contributed by atoms with Crippen LogP contribution in [0.5, 0.6) is 0 Å². The predicted octanol–water partition coefficient (Wildman–Crippen LogP) is -1.59. The Morgan fingerprint density at radius 1 is 0.806 bits per heavy atom. The minimum Gasteiger partial charge on any atom is -0.481 e. The number of nitrogens with one attached hydrogen (secondary N) is 3. The number of carbonyl (C=O) groups excluding carboxylic acids is 3. The largest absolute Gasteiger partial charge is 0.481 e. The van der Waals surface area contributed by atoms with Crippen LogP contribution < -0.4 is 21.7 Å². The van der Waals surface area contributed by atoms with E-state index in [1.807, 2.05) is 0 Å². The summed E-state index contributed by atoms with van der Waals surface area (Å²) in [6.07, 6.45) is -1.60. The maximum Gasteiger partial charge on any atom is 0.326 e. The minimum atomic E-state index is -1.51. The van der Waals surface area contributed by atoms with E-state index in [9.17, 15) is 34.2 Å². The summed E-state index contributed by atoms with van der Waals surface area (Å²) in [7, 11) is 0. The molecule has 0 radical (unpaired) electrons. The molecule has 0 fully saturated rings. The van der Waals surface area contributed by atoms with Crippen LogP contribution in [0.2, 0.25) is 0 Å². The van der Waals surface area contributed by atoms with Gasteiger partial charge in [-0.25, -0.2) is 4.79 Å². The van der Waals surface area contributed by atoms with Crippen molar-refractivity contribution in [2.45, 2.75) is 77.7 Å². The van der Waals surface area contributed by atoms with Crippen molar-refractivity contribution >= 4 is 29.7 Å². The first-order valence-electron chi connectivity index (χ1n) is 10.0. The lowest BCUT2D eigenvalue weighted by Gasteiger charge is -2.29. The molecule has 0 spiro atoms. The van der Waals surface area contributed by atoms with Gasteiger partial charge in [0.25, 0.3) is 0 Å². The van der Waals surface area contributed by atoms with Crippen molar-refractivity contribution in [2.75, 3.05) is 0 Å². The molecule has 0 bridgehead atoms. The van der Waals surface area contributed by atoms with Gasteiger partial charge in [-0.15, -0.1) is 0 Å². The zero-order valence-corrected chi connectivity index (χ0v) is 18.4. The van der Waals surface area contributed by atoms with Crippen LogP contribution in [-0.4, -0.2) is 75.3 Å². The zero-order chi connectivity index (χ0) is 24.5. The van der Waals surface area contributed by atoms with E-state index in [4.69, 9.17) is 10.8 Å². The highest BCUT2D eigenvalue weighted by molar-refractivity contribution is 5.95. The second-order valence-corrected chi connectivity index (χ2v) is 7.87. The number of carboxylic acid groups (broad SMARTS) is 2. The van der Waals surface area contributed by atoms with Gasteiger partial charge in [0.05, 0.1) is 18.6 Å². The van der Waals surface area contributed by atoms with E-state index in [0.717, 1.165) is 0 Å². The number of hydrogen-bond donors (Lipinski definition) is 7. The number of nitrogens with two attached hydrogens (primary N) is 1. The number of aliphatic hydroxyl groups is 1. The number of carbonyl (C=O) groups is 5. The second-order valence-electron chi connectivity index (χ2n) is 7.87. The summed E-state index contributed by atoms with van der Waals surface area (Å²) in [5.41, 5.74) is 5.47. The van der Waals surface area contributed by atoms with Gasteiger partial charge in [0.1, 0.15) is 18.1 Å². The molecule has 0 aliphatic carbocycles. The van der Waals surface area contributed by atoms with Crippen molar-refractivity contribution in [3.63, 3.8) is 0 Å². The van der Waals surface area contributed by atoms with Crippen LogP contribution in [0.1, 0.15) is 47.5 Å². The molecule has 8 N–H and O–H groups in total. The molecule has 31 heavy (non-hydrogen) atoms. The van der Waals surface area contributed by atoms with E-state index in [2.05, 4.69) is 16.0 Å². The Morgan fingerprint density at radius 2 is 1.26 bits per heavy atom. The topological polar surface area (TPSA) is 208 Å². The summed E-state index contributed by atoms with van der Waals surface area (Å²) in [5.74, 6) is -5.92. The molecule has 0 aliphatic heterocycles. The molecule has 0 aromatic heterocycles. The van der Waals surface area contributed by atoms with Crippen molar-refractivity contribution in [3.8, 4) is 0 Å². The van der Waals surface area contributed by atoms with Gasteiger partial charge < -0.3 is 37.0 Å². The van der Waals surface area contributed by atoms with E-state index >= 15 is 0 Å². The fourth-order valence-corrected chi connectivity index (χ4v) is 2.65. The number of carboxylic acids is 2. The number of rotatable bonds is 13. The first-order valence-corrected chi connectivity index (χ1v) is 10.0. The first-order chi connectivity index (χ1) is 14.2. The fourth-order valence-electron chi connectivity index (χ4n) is 2.65.